The van der Waals surface area contributed by atoms with Gasteiger partial charge >= 0.3 is 5.97 Å². The summed E-state index contributed by atoms with van der Waals surface area (Å²) in [4.78, 5) is 10.9. The van der Waals surface area contributed by atoms with Crippen LogP contribution in [0, 0.1) is 0 Å². The Hall–Kier alpha value is -1.91. The van der Waals surface area contributed by atoms with E-state index in [-0.39, 0.29) is 17.0 Å². The van der Waals surface area contributed by atoms with Crippen LogP contribution in [0.2, 0.25) is 0 Å². The molecular weight excluding hydrogens is 186 g/mol. The number of benzene rings is 1. The molecule has 0 aliphatic carbocycles. The summed E-state index contributed by atoms with van der Waals surface area (Å²) >= 11 is 0. The zero-order valence-electron chi connectivity index (χ0n) is 7.90. The van der Waals surface area contributed by atoms with Crippen molar-refractivity contribution in [1.82, 2.24) is 0 Å². The van der Waals surface area contributed by atoms with Gasteiger partial charge in [-0.15, -0.1) is 0 Å². The predicted molar refractivity (Wildman–Crippen MR) is 50.9 cm³/mol. The molecule has 0 heterocycles. The van der Waals surface area contributed by atoms with Gasteiger partial charge in [0.15, 0.2) is 0 Å². The first-order valence-corrected chi connectivity index (χ1v) is 3.85. The molecule has 0 aromatic heterocycles. The van der Waals surface area contributed by atoms with Gasteiger partial charge in [-0.25, -0.2) is 4.79 Å². The van der Waals surface area contributed by atoms with Crippen LogP contribution in [0.1, 0.15) is 10.4 Å². The van der Waals surface area contributed by atoms with Crippen molar-refractivity contribution < 1.29 is 19.4 Å². The van der Waals surface area contributed by atoms with Gasteiger partial charge in [-0.2, -0.15) is 0 Å². The summed E-state index contributed by atoms with van der Waals surface area (Å²) in [5.74, 6) is -0.600. The number of anilines is 1. The number of carboxylic acid groups (broad SMARTS) is 1. The number of carboxylic acids is 1. The smallest absolute Gasteiger partial charge is 0.341 e. The van der Waals surface area contributed by atoms with Crippen LogP contribution in [0.4, 0.5) is 5.69 Å². The summed E-state index contributed by atoms with van der Waals surface area (Å²) in [6.07, 6.45) is 0. The fraction of sp³-hybridized carbons (Fsp3) is 0.222. The lowest BCUT2D eigenvalue weighted by Gasteiger charge is -2.10. The molecule has 0 aliphatic heterocycles. The van der Waals surface area contributed by atoms with E-state index in [2.05, 4.69) is 0 Å². The first-order valence-electron chi connectivity index (χ1n) is 3.85. The number of aromatic carboxylic acids is 1. The quantitative estimate of drug-likeness (QED) is 0.706. The highest BCUT2D eigenvalue weighted by Crippen LogP contribution is 2.32. The molecule has 1 rings (SSSR count). The first kappa shape index (κ1) is 10.2. The molecule has 0 saturated carbocycles. The molecule has 0 aliphatic rings. The SMILES string of the molecule is COc1ccc(OC)c(C(=O)O)c1N. The second-order valence-electron chi connectivity index (χ2n) is 2.56. The summed E-state index contributed by atoms with van der Waals surface area (Å²) in [7, 11) is 2.80. The molecule has 0 unspecified atom stereocenters. The summed E-state index contributed by atoms with van der Waals surface area (Å²) in [6, 6.07) is 3.05. The number of methoxy groups -OCH3 is 2. The predicted octanol–water partition coefficient (Wildman–Crippen LogP) is 0.984. The zero-order valence-corrected chi connectivity index (χ0v) is 7.90. The molecule has 1 aromatic carbocycles. The van der Waals surface area contributed by atoms with Crippen molar-refractivity contribution in [2.45, 2.75) is 0 Å². The van der Waals surface area contributed by atoms with Gasteiger partial charge in [0.25, 0.3) is 0 Å². The summed E-state index contributed by atoms with van der Waals surface area (Å²) in [5, 5.41) is 8.88. The maximum absolute atomic E-state index is 10.9. The second kappa shape index (κ2) is 3.87. The Labute approximate surface area is 81.0 Å². The van der Waals surface area contributed by atoms with Gasteiger partial charge in [0.05, 0.1) is 19.9 Å². The number of nitrogens with two attached hydrogens (primary N) is 1. The highest BCUT2D eigenvalue weighted by Gasteiger charge is 2.18. The zero-order chi connectivity index (χ0) is 10.7. The van der Waals surface area contributed by atoms with E-state index in [0.29, 0.717) is 5.75 Å². The maximum Gasteiger partial charge on any atom is 0.341 e. The number of carbonyl (C=O) groups is 1. The van der Waals surface area contributed by atoms with E-state index in [1.165, 1.54) is 20.3 Å². The van der Waals surface area contributed by atoms with Gasteiger partial charge in [-0.3, -0.25) is 0 Å². The summed E-state index contributed by atoms with van der Waals surface area (Å²) in [5.41, 5.74) is 5.58. The van der Waals surface area contributed by atoms with E-state index in [0.717, 1.165) is 0 Å². The van der Waals surface area contributed by atoms with Gasteiger partial charge in [0, 0.05) is 0 Å². The standard InChI is InChI=1S/C9H11NO4/c1-13-5-3-4-6(14-2)8(10)7(5)9(11)12/h3-4H,10H2,1-2H3,(H,11,12). The minimum atomic E-state index is -1.14. The topological polar surface area (TPSA) is 81.8 Å². The van der Waals surface area contributed by atoms with E-state index in [1.54, 1.807) is 6.07 Å². The Balaban J connectivity index is 3.39. The third-order valence-electron chi connectivity index (χ3n) is 1.82. The van der Waals surface area contributed by atoms with Crippen LogP contribution >= 0.6 is 0 Å². The average Bonchev–Trinajstić information content (AvgIpc) is 2.16. The Bertz CT molecular complexity index is 362. The molecular formula is C9H11NO4. The molecule has 0 fully saturated rings. The number of rotatable bonds is 3. The van der Waals surface area contributed by atoms with E-state index >= 15 is 0 Å². The van der Waals surface area contributed by atoms with E-state index < -0.39 is 5.97 Å². The molecule has 0 spiro atoms. The van der Waals surface area contributed by atoms with Gasteiger partial charge in [-0.05, 0) is 12.1 Å². The van der Waals surface area contributed by atoms with Gasteiger partial charge in [0.1, 0.15) is 17.1 Å². The highest BCUT2D eigenvalue weighted by atomic mass is 16.5. The lowest BCUT2D eigenvalue weighted by Crippen LogP contribution is -2.06. The average molecular weight is 197 g/mol. The summed E-state index contributed by atoms with van der Waals surface area (Å²) in [6.45, 7) is 0. The Morgan fingerprint density at radius 2 is 1.79 bits per heavy atom. The van der Waals surface area contributed by atoms with Crippen molar-refractivity contribution in [2.24, 2.45) is 0 Å². The fourth-order valence-electron chi connectivity index (χ4n) is 1.15. The molecule has 0 amide bonds. The van der Waals surface area contributed by atoms with Gasteiger partial charge < -0.3 is 20.3 Å². The van der Waals surface area contributed by atoms with Crippen molar-refractivity contribution in [2.75, 3.05) is 20.0 Å². The molecule has 14 heavy (non-hydrogen) atoms. The molecule has 0 bridgehead atoms. The van der Waals surface area contributed by atoms with Crippen LogP contribution in [-0.2, 0) is 0 Å². The van der Waals surface area contributed by atoms with Crippen molar-refractivity contribution >= 4 is 11.7 Å². The van der Waals surface area contributed by atoms with Crippen LogP contribution in [0.15, 0.2) is 12.1 Å². The fourth-order valence-corrected chi connectivity index (χ4v) is 1.15. The minimum absolute atomic E-state index is 0.0688. The second-order valence-corrected chi connectivity index (χ2v) is 2.56. The number of nitrogen functional groups attached to an aromatic ring is 1. The third kappa shape index (κ3) is 1.56. The Morgan fingerprint density at radius 1 is 1.29 bits per heavy atom. The Kier molecular flexibility index (Phi) is 2.81. The van der Waals surface area contributed by atoms with Crippen LogP contribution in [0.5, 0.6) is 11.5 Å². The number of hydrogen-bond acceptors (Lipinski definition) is 4. The molecule has 0 atom stereocenters. The third-order valence-corrected chi connectivity index (χ3v) is 1.82. The molecule has 0 saturated heterocycles. The van der Waals surface area contributed by atoms with Crippen LogP contribution in [0.3, 0.4) is 0 Å². The monoisotopic (exact) mass is 197 g/mol. The van der Waals surface area contributed by atoms with E-state index in [9.17, 15) is 4.79 Å². The van der Waals surface area contributed by atoms with Crippen LogP contribution in [-0.4, -0.2) is 25.3 Å². The minimum Gasteiger partial charge on any atom is -0.496 e. The number of ether oxygens (including phenoxy) is 2. The molecule has 3 N–H and O–H groups in total. The van der Waals surface area contributed by atoms with Gasteiger partial charge in [-0.1, -0.05) is 0 Å². The molecule has 1 aromatic rings. The van der Waals surface area contributed by atoms with Gasteiger partial charge in [0.2, 0.25) is 0 Å². The van der Waals surface area contributed by atoms with Crippen molar-refractivity contribution in [1.29, 1.82) is 0 Å². The lowest BCUT2D eigenvalue weighted by atomic mass is 10.1. The van der Waals surface area contributed by atoms with E-state index in [1.807, 2.05) is 0 Å². The Morgan fingerprint density at radius 3 is 2.21 bits per heavy atom. The van der Waals surface area contributed by atoms with Crippen LogP contribution < -0.4 is 15.2 Å². The molecule has 76 valence electrons. The number of hydrogen-bond donors (Lipinski definition) is 2. The van der Waals surface area contributed by atoms with Crippen molar-refractivity contribution in [3.05, 3.63) is 17.7 Å². The molecule has 5 heteroatoms. The maximum atomic E-state index is 10.9. The van der Waals surface area contributed by atoms with Crippen molar-refractivity contribution in [3.8, 4) is 11.5 Å². The first-order chi connectivity index (χ1) is 6.61. The summed E-state index contributed by atoms with van der Waals surface area (Å²) < 4.78 is 9.76. The lowest BCUT2D eigenvalue weighted by molar-refractivity contribution is 0.0694. The molecule has 0 radical (unpaired) electrons. The molecule has 5 nitrogen and oxygen atoms in total. The highest BCUT2D eigenvalue weighted by molar-refractivity contribution is 5.98. The normalized spacial score (nSPS) is 9.57. The largest absolute Gasteiger partial charge is 0.496 e. The van der Waals surface area contributed by atoms with E-state index in [4.69, 9.17) is 20.3 Å². The van der Waals surface area contributed by atoms with Crippen LogP contribution in [0.25, 0.3) is 0 Å². The van der Waals surface area contributed by atoms with Crippen molar-refractivity contribution in [3.63, 3.8) is 0 Å².